The van der Waals surface area contributed by atoms with Crippen LogP contribution in [0.1, 0.15) is 47.4 Å². The van der Waals surface area contributed by atoms with Crippen LogP contribution in [0.15, 0.2) is 59.5 Å². The first-order chi connectivity index (χ1) is 19.4. The van der Waals surface area contributed by atoms with Crippen molar-refractivity contribution in [3.05, 3.63) is 76.3 Å². The van der Waals surface area contributed by atoms with Crippen molar-refractivity contribution in [2.75, 3.05) is 25.1 Å². The Morgan fingerprint density at radius 1 is 1.05 bits per heavy atom. The summed E-state index contributed by atoms with van der Waals surface area (Å²) in [6, 6.07) is 17.2. The number of carbonyl (C=O) groups is 1. The standard InChI is InChI=1S/C30H33N3O5S2/c34-28(32-29-31-25-12-15-33(19-26(25)39-29)18-20-4-2-1-3-5-20)30(27(38-30)21-13-16-37-17-14-21)22-6-8-23(9-7-22)40(35,36)24-10-11-24/h1-9,21,24,27H,10-19H2,(H,31,32,34)/t27-,30+/m0/s1. The lowest BCUT2D eigenvalue weighted by Crippen LogP contribution is -2.35. The van der Waals surface area contributed by atoms with Crippen LogP contribution >= 0.6 is 11.3 Å². The number of amides is 1. The first kappa shape index (κ1) is 26.3. The predicted molar refractivity (Wildman–Crippen MR) is 152 cm³/mol. The molecule has 8 nitrogen and oxygen atoms in total. The maximum Gasteiger partial charge on any atom is 0.265 e. The number of thiazole rings is 1. The van der Waals surface area contributed by atoms with Crippen molar-refractivity contribution in [3.63, 3.8) is 0 Å². The Hall–Kier alpha value is -2.63. The van der Waals surface area contributed by atoms with Gasteiger partial charge >= 0.3 is 0 Å². The van der Waals surface area contributed by atoms with E-state index in [9.17, 15) is 13.2 Å². The van der Waals surface area contributed by atoms with Crippen LogP contribution in [0.3, 0.4) is 0 Å². The van der Waals surface area contributed by atoms with Crippen LogP contribution in [-0.4, -0.2) is 55.3 Å². The highest BCUT2D eigenvalue weighted by Crippen LogP contribution is 2.53. The zero-order chi connectivity index (χ0) is 27.3. The van der Waals surface area contributed by atoms with Crippen molar-refractivity contribution in [2.45, 2.75) is 67.0 Å². The summed E-state index contributed by atoms with van der Waals surface area (Å²) in [5, 5.41) is 3.39. The van der Waals surface area contributed by atoms with Gasteiger partial charge in [0.25, 0.3) is 5.91 Å². The third-order valence-corrected chi connectivity index (χ3v) is 11.8. The summed E-state index contributed by atoms with van der Waals surface area (Å²) in [5.41, 5.74) is 1.86. The molecule has 0 unspecified atom stereocenters. The minimum Gasteiger partial charge on any atom is -0.381 e. The smallest absolute Gasteiger partial charge is 0.265 e. The minimum absolute atomic E-state index is 0.199. The summed E-state index contributed by atoms with van der Waals surface area (Å²) in [5.74, 6) is -0.0422. The monoisotopic (exact) mass is 579 g/mol. The normalized spacial score (nSPS) is 25.4. The number of aromatic nitrogens is 1. The van der Waals surface area contributed by atoms with E-state index in [1.807, 2.05) is 6.07 Å². The number of sulfone groups is 1. The zero-order valence-electron chi connectivity index (χ0n) is 22.3. The van der Waals surface area contributed by atoms with Crippen LogP contribution in [0, 0.1) is 5.92 Å². The Bertz CT molecular complexity index is 1500. The summed E-state index contributed by atoms with van der Waals surface area (Å²) in [6.45, 7) is 3.92. The van der Waals surface area contributed by atoms with Gasteiger partial charge in [0, 0.05) is 44.1 Å². The van der Waals surface area contributed by atoms with Gasteiger partial charge in [-0.2, -0.15) is 0 Å². The lowest BCUT2D eigenvalue weighted by atomic mass is 9.84. The van der Waals surface area contributed by atoms with Crippen molar-refractivity contribution in [1.29, 1.82) is 0 Å². The van der Waals surface area contributed by atoms with Gasteiger partial charge in [-0.15, -0.1) is 11.3 Å². The first-order valence-electron chi connectivity index (χ1n) is 14.1. The molecule has 1 aromatic heterocycles. The van der Waals surface area contributed by atoms with Gasteiger partial charge in [0.05, 0.1) is 15.8 Å². The van der Waals surface area contributed by atoms with Gasteiger partial charge in [-0.3, -0.25) is 15.0 Å². The highest BCUT2D eigenvalue weighted by atomic mass is 32.2. The molecule has 4 heterocycles. The van der Waals surface area contributed by atoms with Gasteiger partial charge in [0.15, 0.2) is 20.6 Å². The second-order valence-electron chi connectivity index (χ2n) is 11.3. The van der Waals surface area contributed by atoms with Crippen LogP contribution in [0.2, 0.25) is 0 Å². The number of carbonyl (C=O) groups excluding carboxylic acids is 1. The quantitative estimate of drug-likeness (QED) is 0.397. The average molecular weight is 580 g/mol. The lowest BCUT2D eigenvalue weighted by molar-refractivity contribution is -0.121. The number of epoxide rings is 1. The molecule has 210 valence electrons. The van der Waals surface area contributed by atoms with E-state index in [0.717, 1.165) is 44.6 Å². The number of hydrogen-bond acceptors (Lipinski definition) is 8. The fourth-order valence-corrected chi connectivity index (χ4v) is 8.79. The number of hydrogen-bond donors (Lipinski definition) is 1. The topological polar surface area (TPSA) is 101 Å². The van der Waals surface area contributed by atoms with E-state index in [1.54, 1.807) is 24.3 Å². The Morgan fingerprint density at radius 3 is 2.52 bits per heavy atom. The van der Waals surface area contributed by atoms with Crippen molar-refractivity contribution >= 4 is 32.2 Å². The SMILES string of the molecule is O=C(Nc1nc2c(s1)CN(Cc1ccccc1)CC2)[C@]1(c2ccc(S(=O)(=O)C3CC3)cc2)O[C@H]1C1CCOCC1. The Morgan fingerprint density at radius 2 is 1.80 bits per heavy atom. The van der Waals surface area contributed by atoms with Crippen molar-refractivity contribution < 1.29 is 22.7 Å². The minimum atomic E-state index is -3.31. The van der Waals surface area contributed by atoms with Gasteiger partial charge in [0.1, 0.15) is 6.10 Å². The molecule has 3 aliphatic heterocycles. The van der Waals surface area contributed by atoms with Crippen LogP contribution in [-0.2, 0) is 49.2 Å². The fraction of sp³-hybridized carbons (Fsp3) is 0.467. The molecular weight excluding hydrogens is 546 g/mol. The number of anilines is 1. The first-order valence-corrected chi connectivity index (χ1v) is 16.5. The molecule has 0 spiro atoms. The lowest BCUT2D eigenvalue weighted by Gasteiger charge is -2.25. The van der Waals surface area contributed by atoms with E-state index in [-0.39, 0.29) is 23.2 Å². The second kappa shape index (κ2) is 10.3. The molecule has 40 heavy (non-hydrogen) atoms. The number of ether oxygens (including phenoxy) is 2. The van der Waals surface area contributed by atoms with Crippen LogP contribution in [0.4, 0.5) is 5.13 Å². The van der Waals surface area contributed by atoms with Crippen molar-refractivity contribution in [1.82, 2.24) is 9.88 Å². The molecule has 1 aliphatic carbocycles. The predicted octanol–water partition coefficient (Wildman–Crippen LogP) is 4.30. The van der Waals surface area contributed by atoms with Crippen LogP contribution < -0.4 is 5.32 Å². The van der Waals surface area contributed by atoms with Gasteiger partial charge in [-0.05, 0) is 54.9 Å². The summed E-state index contributed by atoms with van der Waals surface area (Å²) in [7, 11) is -3.31. The molecule has 1 N–H and O–H groups in total. The van der Waals surface area contributed by atoms with Gasteiger partial charge < -0.3 is 9.47 Å². The molecule has 3 fully saturated rings. The summed E-state index contributed by atoms with van der Waals surface area (Å²) >= 11 is 1.53. The molecule has 3 aromatic rings. The molecule has 10 heteroatoms. The Kier molecular flexibility index (Phi) is 6.79. The fourth-order valence-electron chi connectivity index (χ4n) is 6.09. The van der Waals surface area contributed by atoms with E-state index in [1.165, 1.54) is 21.8 Å². The molecule has 4 aliphatic rings. The molecule has 2 atom stereocenters. The van der Waals surface area contributed by atoms with Crippen LogP contribution in [0.25, 0.3) is 0 Å². The Balaban J connectivity index is 1.11. The summed E-state index contributed by atoms with van der Waals surface area (Å²) in [6.07, 6.45) is 3.66. The van der Waals surface area contributed by atoms with Gasteiger partial charge in [0.2, 0.25) is 0 Å². The average Bonchev–Trinajstić information content (AvgIpc) is 3.90. The highest BCUT2D eigenvalue weighted by Gasteiger charge is 2.66. The molecule has 0 bridgehead atoms. The molecule has 2 aromatic carbocycles. The van der Waals surface area contributed by atoms with E-state index in [2.05, 4.69) is 34.5 Å². The van der Waals surface area contributed by atoms with E-state index >= 15 is 0 Å². The number of benzene rings is 2. The molecular formula is C30H33N3O5S2. The van der Waals surface area contributed by atoms with Gasteiger partial charge in [-0.1, -0.05) is 42.5 Å². The highest BCUT2D eigenvalue weighted by molar-refractivity contribution is 7.92. The molecule has 1 saturated carbocycles. The number of nitrogens with one attached hydrogen (secondary N) is 1. The van der Waals surface area contributed by atoms with E-state index in [4.69, 9.17) is 14.5 Å². The van der Waals surface area contributed by atoms with Gasteiger partial charge in [-0.25, -0.2) is 13.4 Å². The Labute approximate surface area is 238 Å². The third kappa shape index (κ3) is 4.90. The van der Waals surface area contributed by atoms with Crippen LogP contribution in [0.5, 0.6) is 0 Å². The molecule has 7 rings (SSSR count). The zero-order valence-corrected chi connectivity index (χ0v) is 23.9. The number of nitrogens with zero attached hydrogens (tertiary/aromatic N) is 2. The maximum absolute atomic E-state index is 13.9. The van der Waals surface area contributed by atoms with E-state index < -0.39 is 15.4 Å². The maximum atomic E-state index is 13.9. The molecule has 0 radical (unpaired) electrons. The largest absolute Gasteiger partial charge is 0.381 e. The molecule has 1 amide bonds. The van der Waals surface area contributed by atoms with Crippen molar-refractivity contribution in [2.24, 2.45) is 5.92 Å². The van der Waals surface area contributed by atoms with Crippen molar-refractivity contribution in [3.8, 4) is 0 Å². The van der Waals surface area contributed by atoms with E-state index in [0.29, 0.717) is 41.6 Å². The number of rotatable bonds is 8. The second-order valence-corrected chi connectivity index (χ2v) is 14.6. The summed E-state index contributed by atoms with van der Waals surface area (Å²) < 4.78 is 37.3. The molecule has 2 saturated heterocycles. The third-order valence-electron chi connectivity index (χ3n) is 8.54. The number of fused-ring (bicyclic) bond motifs is 1. The summed E-state index contributed by atoms with van der Waals surface area (Å²) in [4.78, 5) is 22.6.